The largest absolute Gasteiger partial charge is 0.418 e. The van der Waals surface area contributed by atoms with Gasteiger partial charge < -0.3 is 10.2 Å². The van der Waals surface area contributed by atoms with Crippen LogP contribution < -0.4 is 5.32 Å². The molecule has 8 heteroatoms. The van der Waals surface area contributed by atoms with Crippen molar-refractivity contribution in [1.82, 2.24) is 4.90 Å². The second-order valence-electron chi connectivity index (χ2n) is 6.63. The molecule has 1 aliphatic heterocycles. The zero-order valence-electron chi connectivity index (χ0n) is 14.8. The van der Waals surface area contributed by atoms with E-state index in [1.165, 1.54) is 23.1 Å². The lowest BCUT2D eigenvalue weighted by Crippen LogP contribution is -2.44. The van der Waals surface area contributed by atoms with Gasteiger partial charge in [-0.2, -0.15) is 13.2 Å². The Morgan fingerprint density at radius 2 is 1.86 bits per heavy atom. The minimum atomic E-state index is -4.57. The maximum absolute atomic E-state index is 13.1. The summed E-state index contributed by atoms with van der Waals surface area (Å²) >= 11 is 5.93. The van der Waals surface area contributed by atoms with Gasteiger partial charge in [0.15, 0.2) is 5.78 Å². The Labute approximate surface area is 165 Å². The average Bonchev–Trinajstić information content (AvgIpc) is 2.67. The van der Waals surface area contributed by atoms with Gasteiger partial charge in [-0.15, -0.1) is 0 Å². The summed E-state index contributed by atoms with van der Waals surface area (Å²) in [5, 5.41) is 2.77. The van der Waals surface area contributed by atoms with E-state index in [-0.39, 0.29) is 18.0 Å². The highest BCUT2D eigenvalue weighted by Gasteiger charge is 2.35. The molecule has 3 rings (SSSR count). The topological polar surface area (TPSA) is 49.4 Å². The van der Waals surface area contributed by atoms with Crippen molar-refractivity contribution in [2.24, 2.45) is 5.92 Å². The SMILES string of the molecule is O=C(c1cccc(Cl)c1)[C@@H]1CCCN(C(=O)Nc2ccccc2C(F)(F)F)C1. The third-order valence-corrected chi connectivity index (χ3v) is 4.90. The van der Waals surface area contributed by atoms with Crippen molar-refractivity contribution in [3.63, 3.8) is 0 Å². The lowest BCUT2D eigenvalue weighted by atomic mass is 9.90. The number of alkyl halides is 3. The first-order valence-electron chi connectivity index (χ1n) is 8.77. The van der Waals surface area contributed by atoms with Gasteiger partial charge in [-0.25, -0.2) is 4.79 Å². The van der Waals surface area contributed by atoms with Gasteiger partial charge in [-0.3, -0.25) is 4.79 Å². The third-order valence-electron chi connectivity index (χ3n) is 4.66. The van der Waals surface area contributed by atoms with E-state index < -0.39 is 23.7 Å². The van der Waals surface area contributed by atoms with Crippen LogP contribution in [0.5, 0.6) is 0 Å². The molecule has 28 heavy (non-hydrogen) atoms. The van der Waals surface area contributed by atoms with Crippen LogP contribution in [-0.2, 0) is 6.18 Å². The smallest absolute Gasteiger partial charge is 0.324 e. The van der Waals surface area contributed by atoms with Gasteiger partial charge in [0.1, 0.15) is 0 Å². The predicted molar refractivity (Wildman–Crippen MR) is 101 cm³/mol. The van der Waals surface area contributed by atoms with Crippen LogP contribution in [0.15, 0.2) is 48.5 Å². The maximum atomic E-state index is 13.1. The molecule has 2 aromatic carbocycles. The summed E-state index contributed by atoms with van der Waals surface area (Å²) in [5.74, 6) is -0.550. The molecule has 1 atom stereocenters. The van der Waals surface area contributed by atoms with E-state index in [4.69, 9.17) is 11.6 Å². The maximum Gasteiger partial charge on any atom is 0.418 e. The van der Waals surface area contributed by atoms with Crippen LogP contribution in [0.1, 0.15) is 28.8 Å². The molecule has 1 heterocycles. The summed E-state index contributed by atoms with van der Waals surface area (Å²) in [6, 6.07) is 10.7. The summed E-state index contributed by atoms with van der Waals surface area (Å²) in [6.45, 7) is 0.519. The first kappa shape index (κ1) is 20.2. The highest BCUT2D eigenvalue weighted by atomic mass is 35.5. The van der Waals surface area contributed by atoms with Crippen molar-refractivity contribution in [2.75, 3.05) is 18.4 Å². The molecule has 4 nitrogen and oxygen atoms in total. The number of rotatable bonds is 3. The Balaban J connectivity index is 1.71. The number of ketones is 1. The van der Waals surface area contributed by atoms with Gasteiger partial charge in [-0.05, 0) is 37.1 Å². The summed E-state index contributed by atoms with van der Waals surface area (Å²) in [5.41, 5.74) is -0.752. The Hall–Kier alpha value is -2.54. The Morgan fingerprint density at radius 1 is 1.11 bits per heavy atom. The zero-order valence-corrected chi connectivity index (χ0v) is 15.6. The second kappa shape index (κ2) is 8.22. The molecule has 0 radical (unpaired) electrons. The number of para-hydroxylation sites is 1. The van der Waals surface area contributed by atoms with E-state index in [1.54, 1.807) is 24.3 Å². The van der Waals surface area contributed by atoms with E-state index in [0.29, 0.717) is 30.0 Å². The van der Waals surface area contributed by atoms with Crippen LogP contribution in [-0.4, -0.2) is 29.8 Å². The number of hydrogen-bond acceptors (Lipinski definition) is 2. The standard InChI is InChI=1S/C20H18ClF3N2O2/c21-15-7-3-5-13(11-15)18(27)14-6-4-10-26(12-14)19(28)25-17-9-2-1-8-16(17)20(22,23)24/h1-3,5,7-9,11,14H,4,6,10,12H2,(H,25,28)/t14-/m1/s1. The fourth-order valence-electron chi connectivity index (χ4n) is 3.29. The number of halogens is 4. The van der Waals surface area contributed by atoms with Crippen LogP contribution >= 0.6 is 11.6 Å². The molecule has 1 N–H and O–H groups in total. The fourth-order valence-corrected chi connectivity index (χ4v) is 3.48. The minimum Gasteiger partial charge on any atom is -0.324 e. The molecular formula is C20H18ClF3N2O2. The molecule has 2 aromatic rings. The lowest BCUT2D eigenvalue weighted by molar-refractivity contribution is -0.136. The van der Waals surface area contributed by atoms with Gasteiger partial charge in [0.05, 0.1) is 11.3 Å². The van der Waals surface area contributed by atoms with Gasteiger partial charge in [-0.1, -0.05) is 35.9 Å². The van der Waals surface area contributed by atoms with Crippen LogP contribution in [0.2, 0.25) is 5.02 Å². The fraction of sp³-hybridized carbons (Fsp3) is 0.300. The number of hydrogen-bond donors (Lipinski definition) is 1. The number of likely N-dealkylation sites (tertiary alicyclic amines) is 1. The molecule has 0 aromatic heterocycles. The molecule has 1 saturated heterocycles. The molecule has 2 amide bonds. The van der Waals surface area contributed by atoms with Crippen molar-refractivity contribution in [1.29, 1.82) is 0 Å². The summed E-state index contributed by atoms with van der Waals surface area (Å²) < 4.78 is 39.3. The highest BCUT2D eigenvalue weighted by molar-refractivity contribution is 6.31. The quantitative estimate of drug-likeness (QED) is 0.680. The van der Waals surface area contributed by atoms with Crippen molar-refractivity contribution < 1.29 is 22.8 Å². The van der Waals surface area contributed by atoms with E-state index >= 15 is 0 Å². The first-order valence-corrected chi connectivity index (χ1v) is 9.15. The van der Waals surface area contributed by atoms with Gasteiger partial charge >= 0.3 is 12.2 Å². The molecule has 1 aliphatic rings. The number of benzene rings is 2. The Bertz CT molecular complexity index is 886. The molecule has 1 fully saturated rings. The van der Waals surface area contributed by atoms with Gasteiger partial charge in [0.2, 0.25) is 0 Å². The summed E-state index contributed by atoms with van der Waals surface area (Å²) in [7, 11) is 0. The normalized spacial score (nSPS) is 17.3. The lowest BCUT2D eigenvalue weighted by Gasteiger charge is -2.32. The number of carbonyl (C=O) groups excluding carboxylic acids is 2. The van der Waals surface area contributed by atoms with E-state index in [1.807, 2.05) is 0 Å². The number of urea groups is 1. The Kier molecular flexibility index (Phi) is 5.93. The number of piperidine rings is 1. The van der Waals surface area contributed by atoms with Crippen LogP contribution in [0, 0.1) is 5.92 Å². The van der Waals surface area contributed by atoms with Crippen LogP contribution in [0.3, 0.4) is 0 Å². The van der Waals surface area contributed by atoms with Crippen LogP contribution in [0.4, 0.5) is 23.7 Å². The van der Waals surface area contributed by atoms with E-state index in [0.717, 1.165) is 6.07 Å². The van der Waals surface area contributed by atoms with Crippen molar-refractivity contribution in [2.45, 2.75) is 19.0 Å². The van der Waals surface area contributed by atoms with E-state index in [2.05, 4.69) is 5.32 Å². The second-order valence-corrected chi connectivity index (χ2v) is 7.07. The number of anilines is 1. The number of nitrogens with zero attached hydrogens (tertiary/aromatic N) is 1. The minimum absolute atomic E-state index is 0.129. The summed E-state index contributed by atoms with van der Waals surface area (Å²) in [4.78, 5) is 26.6. The third kappa shape index (κ3) is 4.65. The molecule has 0 aliphatic carbocycles. The molecule has 0 spiro atoms. The summed E-state index contributed by atoms with van der Waals surface area (Å²) in [6.07, 6.45) is -3.38. The van der Waals surface area contributed by atoms with E-state index in [9.17, 15) is 22.8 Å². The monoisotopic (exact) mass is 410 g/mol. The van der Waals surface area contributed by atoms with Gasteiger partial charge in [0, 0.05) is 29.6 Å². The number of nitrogens with one attached hydrogen (secondary N) is 1. The molecular weight excluding hydrogens is 393 g/mol. The van der Waals surface area contributed by atoms with Crippen molar-refractivity contribution in [3.8, 4) is 0 Å². The molecule has 0 bridgehead atoms. The molecule has 0 saturated carbocycles. The number of carbonyl (C=O) groups is 2. The molecule has 0 unspecified atom stereocenters. The number of amides is 2. The highest BCUT2D eigenvalue weighted by Crippen LogP contribution is 2.34. The predicted octanol–water partition coefficient (Wildman–Crippen LogP) is 5.49. The first-order chi connectivity index (χ1) is 13.3. The average molecular weight is 411 g/mol. The van der Waals surface area contributed by atoms with Crippen molar-refractivity contribution >= 4 is 29.1 Å². The number of Topliss-reactive ketones (excluding diaryl/α,β-unsaturated/α-hetero) is 1. The Morgan fingerprint density at radius 3 is 2.57 bits per heavy atom. The molecule has 148 valence electrons. The van der Waals surface area contributed by atoms with Gasteiger partial charge in [0.25, 0.3) is 0 Å². The zero-order chi connectivity index (χ0) is 20.3. The van der Waals surface area contributed by atoms with Crippen molar-refractivity contribution in [3.05, 3.63) is 64.7 Å². The van der Waals surface area contributed by atoms with Crippen LogP contribution in [0.25, 0.3) is 0 Å².